The van der Waals surface area contributed by atoms with Crippen LogP contribution in [0.2, 0.25) is 5.15 Å². The Kier molecular flexibility index (Phi) is 3.90. The van der Waals surface area contributed by atoms with E-state index >= 15 is 0 Å². The molecule has 0 bridgehead atoms. The summed E-state index contributed by atoms with van der Waals surface area (Å²) in [7, 11) is 0. The van der Waals surface area contributed by atoms with Crippen molar-refractivity contribution in [2.75, 3.05) is 11.9 Å². The van der Waals surface area contributed by atoms with Gasteiger partial charge in [0.25, 0.3) is 0 Å². The molecule has 6 nitrogen and oxygen atoms in total. The lowest BCUT2D eigenvalue weighted by molar-refractivity contribution is 0.805. The summed E-state index contributed by atoms with van der Waals surface area (Å²) in [6, 6.07) is 1.99. The Morgan fingerprint density at radius 2 is 2.47 bits per heavy atom. The van der Waals surface area contributed by atoms with Crippen molar-refractivity contribution >= 4 is 28.1 Å². The maximum atomic E-state index is 8.72. The zero-order valence-corrected chi connectivity index (χ0v) is 10.3. The summed E-state index contributed by atoms with van der Waals surface area (Å²) in [6.07, 6.45) is 3.20. The number of H-pyrrole nitrogens is 1. The third-order valence-corrected chi connectivity index (χ3v) is 3.32. The highest BCUT2D eigenvalue weighted by Gasteiger charge is 2.07. The fraction of sp³-hybridized carbons (Fsp3) is 0.333. The number of hydrogen-bond acceptors (Lipinski definition) is 6. The molecule has 17 heavy (non-hydrogen) atoms. The molecular formula is C9H9ClN6S. The van der Waals surface area contributed by atoms with Crippen molar-refractivity contribution in [3.63, 3.8) is 0 Å². The molecule has 0 fully saturated rings. The number of hydrogen-bond donors (Lipinski definition) is 2. The number of nitriles is 1. The minimum absolute atomic E-state index is 0.259. The van der Waals surface area contributed by atoms with Crippen molar-refractivity contribution in [3.8, 4) is 6.07 Å². The van der Waals surface area contributed by atoms with Crippen LogP contribution >= 0.6 is 22.9 Å². The van der Waals surface area contributed by atoms with E-state index in [2.05, 4.69) is 25.5 Å². The topological polar surface area (TPSA) is 90.3 Å². The molecule has 2 aromatic rings. The fourth-order valence-corrected chi connectivity index (χ4v) is 2.22. The maximum Gasteiger partial charge on any atom is 0.185 e. The Bertz CT molecular complexity index is 514. The maximum absolute atomic E-state index is 8.72. The van der Waals surface area contributed by atoms with E-state index in [0.717, 1.165) is 25.2 Å². The lowest BCUT2D eigenvalue weighted by Crippen LogP contribution is -2.03. The second-order valence-electron chi connectivity index (χ2n) is 3.21. The van der Waals surface area contributed by atoms with Crippen LogP contribution in [0.5, 0.6) is 0 Å². The van der Waals surface area contributed by atoms with Crippen LogP contribution in [-0.4, -0.2) is 26.7 Å². The number of nitrogens with zero attached hydrogens (tertiary/aromatic N) is 4. The van der Waals surface area contributed by atoms with Crippen molar-refractivity contribution in [2.45, 2.75) is 12.8 Å². The van der Waals surface area contributed by atoms with E-state index in [-0.39, 0.29) is 5.15 Å². The number of aromatic nitrogens is 4. The molecule has 88 valence electrons. The summed E-state index contributed by atoms with van der Waals surface area (Å²) in [4.78, 5) is 8.49. The molecule has 0 radical (unpaired) electrons. The highest BCUT2D eigenvalue weighted by atomic mass is 35.5. The molecule has 0 unspecified atom stereocenters. The summed E-state index contributed by atoms with van der Waals surface area (Å²) < 4.78 is 0. The molecule has 0 atom stereocenters. The van der Waals surface area contributed by atoms with Gasteiger partial charge in [-0.3, -0.25) is 5.10 Å². The highest BCUT2D eigenvalue weighted by Crippen LogP contribution is 2.25. The van der Waals surface area contributed by atoms with Gasteiger partial charge in [0.1, 0.15) is 23.1 Å². The lowest BCUT2D eigenvalue weighted by Gasteiger charge is -1.99. The van der Waals surface area contributed by atoms with Crippen LogP contribution < -0.4 is 5.32 Å². The van der Waals surface area contributed by atoms with Gasteiger partial charge in [-0.2, -0.15) is 10.4 Å². The zero-order chi connectivity index (χ0) is 12.1. The lowest BCUT2D eigenvalue weighted by atomic mass is 10.3. The molecule has 2 aromatic heterocycles. The number of anilines is 1. The summed E-state index contributed by atoms with van der Waals surface area (Å²) in [5, 5.41) is 19.3. The van der Waals surface area contributed by atoms with E-state index < -0.39 is 0 Å². The zero-order valence-electron chi connectivity index (χ0n) is 8.77. The number of nitrogens with one attached hydrogen (secondary N) is 2. The Hall–Kier alpha value is -1.65. The largest absolute Gasteiger partial charge is 0.361 e. The van der Waals surface area contributed by atoms with Crippen LogP contribution in [-0.2, 0) is 6.42 Å². The van der Waals surface area contributed by atoms with Gasteiger partial charge in [0.15, 0.2) is 10.3 Å². The van der Waals surface area contributed by atoms with Gasteiger partial charge >= 0.3 is 0 Å². The van der Waals surface area contributed by atoms with Gasteiger partial charge in [-0.25, -0.2) is 9.97 Å². The molecular weight excluding hydrogens is 260 g/mol. The van der Waals surface area contributed by atoms with E-state index in [9.17, 15) is 0 Å². The number of thiazole rings is 1. The number of aromatic amines is 1. The minimum Gasteiger partial charge on any atom is -0.361 e. The molecule has 0 aliphatic carbocycles. The molecule has 2 heterocycles. The fourth-order valence-electron chi connectivity index (χ4n) is 1.25. The van der Waals surface area contributed by atoms with E-state index in [1.165, 1.54) is 17.7 Å². The quantitative estimate of drug-likeness (QED) is 0.808. The summed E-state index contributed by atoms with van der Waals surface area (Å²) >= 11 is 7.01. The standard InChI is InChI=1S/C9H9ClN6S/c10-8-6(4-11)17-9(15-8)12-3-1-2-7-13-5-14-16-7/h5H,1-3H2,(H,12,15)(H,13,14,16). The number of rotatable bonds is 5. The highest BCUT2D eigenvalue weighted by molar-refractivity contribution is 7.16. The van der Waals surface area contributed by atoms with Crippen LogP contribution in [0.25, 0.3) is 0 Å². The van der Waals surface area contributed by atoms with Crippen molar-refractivity contribution in [2.24, 2.45) is 0 Å². The van der Waals surface area contributed by atoms with Crippen LogP contribution in [0.1, 0.15) is 17.1 Å². The van der Waals surface area contributed by atoms with E-state index in [0.29, 0.717) is 10.0 Å². The number of halogens is 1. The molecule has 0 saturated heterocycles. The second-order valence-corrected chi connectivity index (χ2v) is 4.57. The normalized spacial score (nSPS) is 10.1. The van der Waals surface area contributed by atoms with Crippen molar-refractivity contribution in [1.82, 2.24) is 20.2 Å². The first-order valence-corrected chi connectivity index (χ1v) is 6.13. The molecule has 2 N–H and O–H groups in total. The summed E-state index contributed by atoms with van der Waals surface area (Å²) in [5.41, 5.74) is 0. The van der Waals surface area contributed by atoms with Crippen molar-refractivity contribution < 1.29 is 0 Å². The molecule has 0 spiro atoms. The third kappa shape index (κ3) is 3.15. The van der Waals surface area contributed by atoms with Crippen molar-refractivity contribution in [1.29, 1.82) is 5.26 Å². The third-order valence-electron chi connectivity index (χ3n) is 2.02. The van der Waals surface area contributed by atoms with Gasteiger partial charge in [-0.15, -0.1) is 0 Å². The molecule has 0 aliphatic heterocycles. The van der Waals surface area contributed by atoms with Crippen LogP contribution in [0, 0.1) is 11.3 Å². The first-order chi connectivity index (χ1) is 8.29. The minimum atomic E-state index is 0.259. The SMILES string of the molecule is N#Cc1sc(NCCCc2ncn[nH]2)nc1Cl. The van der Waals surface area contributed by atoms with Gasteiger partial charge in [0, 0.05) is 13.0 Å². The van der Waals surface area contributed by atoms with E-state index in [1.807, 2.05) is 6.07 Å². The Morgan fingerprint density at radius 3 is 3.12 bits per heavy atom. The molecule has 2 rings (SSSR count). The van der Waals surface area contributed by atoms with E-state index in [4.69, 9.17) is 16.9 Å². The molecule has 0 aliphatic rings. The predicted molar refractivity (Wildman–Crippen MR) is 65.0 cm³/mol. The average molecular weight is 269 g/mol. The van der Waals surface area contributed by atoms with Gasteiger partial charge < -0.3 is 5.32 Å². The predicted octanol–water partition coefficient (Wildman–Crippen LogP) is 1.83. The monoisotopic (exact) mass is 268 g/mol. The smallest absolute Gasteiger partial charge is 0.185 e. The molecule has 0 saturated carbocycles. The summed E-state index contributed by atoms with van der Waals surface area (Å²) in [6.45, 7) is 0.745. The summed E-state index contributed by atoms with van der Waals surface area (Å²) in [5.74, 6) is 0.863. The molecule has 0 amide bonds. The van der Waals surface area contributed by atoms with Gasteiger partial charge in [-0.05, 0) is 6.42 Å². The van der Waals surface area contributed by atoms with Crippen LogP contribution in [0.3, 0.4) is 0 Å². The van der Waals surface area contributed by atoms with Gasteiger partial charge in [-0.1, -0.05) is 22.9 Å². The van der Waals surface area contributed by atoms with Gasteiger partial charge in [0.05, 0.1) is 0 Å². The Balaban J connectivity index is 1.76. The first-order valence-electron chi connectivity index (χ1n) is 4.94. The van der Waals surface area contributed by atoms with Crippen molar-refractivity contribution in [3.05, 3.63) is 22.2 Å². The van der Waals surface area contributed by atoms with Crippen LogP contribution in [0.4, 0.5) is 5.13 Å². The number of aryl methyl sites for hydroxylation is 1. The van der Waals surface area contributed by atoms with E-state index in [1.54, 1.807) is 0 Å². The van der Waals surface area contributed by atoms with Gasteiger partial charge in [0.2, 0.25) is 0 Å². The Morgan fingerprint density at radius 1 is 1.59 bits per heavy atom. The second kappa shape index (κ2) is 5.61. The first kappa shape index (κ1) is 11.8. The average Bonchev–Trinajstić information content (AvgIpc) is 2.94. The van der Waals surface area contributed by atoms with Crippen LogP contribution in [0.15, 0.2) is 6.33 Å². The Labute approximate surface area is 107 Å². The molecule has 8 heteroatoms. The molecule has 0 aromatic carbocycles.